The van der Waals surface area contributed by atoms with Gasteiger partial charge in [0.1, 0.15) is 5.75 Å². The van der Waals surface area contributed by atoms with Gasteiger partial charge in [0.25, 0.3) is 0 Å². The van der Waals surface area contributed by atoms with E-state index < -0.39 is 0 Å². The van der Waals surface area contributed by atoms with Crippen molar-refractivity contribution in [2.75, 3.05) is 13.2 Å². The minimum absolute atomic E-state index is 0.0636. The highest BCUT2D eigenvalue weighted by Gasteiger charge is 2.32. The number of hydrogen-bond acceptors (Lipinski definition) is 4. The largest absolute Gasteiger partial charge is 0.492 e. The Morgan fingerprint density at radius 1 is 1.50 bits per heavy atom. The summed E-state index contributed by atoms with van der Waals surface area (Å²) in [6.45, 7) is 3.08. The Morgan fingerprint density at radius 3 is 3.06 bits per heavy atom. The van der Waals surface area contributed by atoms with E-state index in [1.165, 1.54) is 0 Å². The lowest BCUT2D eigenvalue weighted by atomic mass is 9.89. The summed E-state index contributed by atoms with van der Waals surface area (Å²) in [6.07, 6.45) is 6.36. The summed E-state index contributed by atoms with van der Waals surface area (Å²) in [5.74, 6) is 1.21. The van der Waals surface area contributed by atoms with Gasteiger partial charge in [-0.15, -0.1) is 0 Å². The van der Waals surface area contributed by atoms with Crippen LogP contribution in [0.5, 0.6) is 5.75 Å². The van der Waals surface area contributed by atoms with Crippen LogP contribution in [0.4, 0.5) is 0 Å². The number of ether oxygens (including phenoxy) is 1. The van der Waals surface area contributed by atoms with E-state index in [1.54, 1.807) is 18.5 Å². The van der Waals surface area contributed by atoms with Crippen LogP contribution in [0.25, 0.3) is 0 Å². The molecule has 2 unspecified atom stereocenters. The smallest absolute Gasteiger partial charge is 0.167 e. The lowest BCUT2D eigenvalue weighted by Crippen LogP contribution is -2.25. The van der Waals surface area contributed by atoms with E-state index >= 15 is 0 Å². The quantitative estimate of drug-likeness (QED) is 0.810. The Bertz CT molecular complexity index is 420. The average Bonchev–Trinajstić information content (AvgIpc) is 2.87. The van der Waals surface area contributed by atoms with E-state index in [1.807, 2.05) is 6.92 Å². The summed E-state index contributed by atoms with van der Waals surface area (Å²) in [5, 5.41) is 0. The Hall–Kier alpha value is -1.42. The second-order valence-electron chi connectivity index (χ2n) is 4.74. The first-order valence-corrected chi connectivity index (χ1v) is 6.58. The molecule has 2 N–H and O–H groups in total. The van der Waals surface area contributed by atoms with Gasteiger partial charge in [0, 0.05) is 17.7 Å². The number of pyridine rings is 1. The van der Waals surface area contributed by atoms with Crippen LogP contribution in [0.2, 0.25) is 0 Å². The molecule has 0 saturated heterocycles. The average molecular weight is 248 g/mol. The molecule has 0 aliphatic heterocycles. The van der Waals surface area contributed by atoms with E-state index in [0.29, 0.717) is 30.4 Å². The third kappa shape index (κ3) is 2.70. The normalized spacial score (nSPS) is 23.0. The molecule has 98 valence electrons. The van der Waals surface area contributed by atoms with Gasteiger partial charge in [-0.3, -0.25) is 9.78 Å². The molecule has 1 saturated carbocycles. The third-order valence-corrected chi connectivity index (χ3v) is 3.61. The maximum atomic E-state index is 12.4. The zero-order valence-electron chi connectivity index (χ0n) is 10.8. The number of nitrogens with zero attached hydrogens (tertiary/aromatic N) is 1. The standard InChI is InChI=1S/C14H20N2O2/c1-2-18-12-6-11(8-16-9-12)14(17)13-5-3-4-10(13)7-15/h6,8-10,13H,2-5,7,15H2,1H3. The molecule has 0 radical (unpaired) electrons. The SMILES string of the molecule is CCOc1cncc(C(=O)C2CCCC2CN)c1. The first-order chi connectivity index (χ1) is 8.76. The summed E-state index contributed by atoms with van der Waals surface area (Å²) in [7, 11) is 0. The fourth-order valence-electron chi connectivity index (χ4n) is 2.68. The lowest BCUT2D eigenvalue weighted by molar-refractivity contribution is 0.0892. The lowest BCUT2D eigenvalue weighted by Gasteiger charge is -2.16. The zero-order valence-corrected chi connectivity index (χ0v) is 10.8. The molecule has 0 aromatic carbocycles. The van der Waals surface area contributed by atoms with Crippen molar-refractivity contribution in [1.82, 2.24) is 4.98 Å². The summed E-state index contributed by atoms with van der Waals surface area (Å²) >= 11 is 0. The minimum Gasteiger partial charge on any atom is -0.492 e. The maximum absolute atomic E-state index is 12.4. The summed E-state index contributed by atoms with van der Waals surface area (Å²) in [5.41, 5.74) is 6.37. The third-order valence-electron chi connectivity index (χ3n) is 3.61. The molecule has 1 aliphatic carbocycles. The molecule has 0 amide bonds. The van der Waals surface area contributed by atoms with Crippen LogP contribution in [-0.4, -0.2) is 23.9 Å². The van der Waals surface area contributed by atoms with Crippen LogP contribution in [0.1, 0.15) is 36.5 Å². The number of hydrogen-bond donors (Lipinski definition) is 1. The fourth-order valence-corrected chi connectivity index (χ4v) is 2.68. The molecule has 2 rings (SSSR count). The van der Waals surface area contributed by atoms with Crippen LogP contribution >= 0.6 is 0 Å². The Morgan fingerprint density at radius 2 is 2.33 bits per heavy atom. The Labute approximate surface area is 108 Å². The van der Waals surface area contributed by atoms with Crippen molar-refractivity contribution < 1.29 is 9.53 Å². The summed E-state index contributed by atoms with van der Waals surface area (Å²) < 4.78 is 5.37. The van der Waals surface area contributed by atoms with Crippen LogP contribution in [0.15, 0.2) is 18.5 Å². The van der Waals surface area contributed by atoms with Crippen LogP contribution in [0.3, 0.4) is 0 Å². The number of Topliss-reactive ketones (excluding diaryl/α,β-unsaturated/α-hetero) is 1. The molecular formula is C14H20N2O2. The van der Waals surface area contributed by atoms with Crippen molar-refractivity contribution in [2.45, 2.75) is 26.2 Å². The van der Waals surface area contributed by atoms with Gasteiger partial charge >= 0.3 is 0 Å². The number of carbonyl (C=O) groups is 1. The fraction of sp³-hybridized carbons (Fsp3) is 0.571. The molecule has 2 atom stereocenters. The van der Waals surface area contributed by atoms with Gasteiger partial charge in [-0.05, 0) is 38.3 Å². The molecule has 1 aliphatic rings. The molecule has 4 nitrogen and oxygen atoms in total. The highest BCUT2D eigenvalue weighted by atomic mass is 16.5. The molecule has 0 spiro atoms. The van der Waals surface area contributed by atoms with Crippen molar-refractivity contribution >= 4 is 5.78 Å². The minimum atomic E-state index is 0.0636. The van der Waals surface area contributed by atoms with Gasteiger partial charge in [0.2, 0.25) is 0 Å². The van der Waals surface area contributed by atoms with Gasteiger partial charge in [-0.2, -0.15) is 0 Å². The van der Waals surface area contributed by atoms with E-state index in [2.05, 4.69) is 4.98 Å². The predicted molar refractivity (Wildman–Crippen MR) is 69.6 cm³/mol. The van der Waals surface area contributed by atoms with Crippen LogP contribution < -0.4 is 10.5 Å². The topological polar surface area (TPSA) is 65.2 Å². The number of aromatic nitrogens is 1. The van der Waals surface area contributed by atoms with Crippen molar-refractivity contribution in [1.29, 1.82) is 0 Å². The van der Waals surface area contributed by atoms with Gasteiger partial charge < -0.3 is 10.5 Å². The molecule has 4 heteroatoms. The number of ketones is 1. The Kier molecular flexibility index (Phi) is 4.31. The maximum Gasteiger partial charge on any atom is 0.167 e. The monoisotopic (exact) mass is 248 g/mol. The van der Waals surface area contributed by atoms with Gasteiger partial charge in [-0.1, -0.05) is 6.42 Å². The van der Waals surface area contributed by atoms with E-state index in [0.717, 1.165) is 19.3 Å². The molecule has 0 bridgehead atoms. The molecular weight excluding hydrogens is 228 g/mol. The van der Waals surface area contributed by atoms with E-state index in [4.69, 9.17) is 10.5 Å². The predicted octanol–water partition coefficient (Wildman–Crippen LogP) is 2.04. The zero-order chi connectivity index (χ0) is 13.0. The molecule has 1 aromatic heterocycles. The van der Waals surface area contributed by atoms with Crippen molar-refractivity contribution in [2.24, 2.45) is 17.6 Å². The van der Waals surface area contributed by atoms with Gasteiger partial charge in [-0.25, -0.2) is 0 Å². The van der Waals surface area contributed by atoms with Crippen molar-refractivity contribution in [3.63, 3.8) is 0 Å². The first-order valence-electron chi connectivity index (χ1n) is 6.58. The number of rotatable bonds is 5. The molecule has 1 aromatic rings. The molecule has 18 heavy (non-hydrogen) atoms. The van der Waals surface area contributed by atoms with Gasteiger partial charge in [0.15, 0.2) is 5.78 Å². The summed E-state index contributed by atoms with van der Waals surface area (Å²) in [4.78, 5) is 16.5. The highest BCUT2D eigenvalue weighted by molar-refractivity contribution is 5.98. The molecule has 1 heterocycles. The van der Waals surface area contributed by atoms with E-state index in [-0.39, 0.29) is 11.7 Å². The Balaban J connectivity index is 2.15. The number of nitrogens with two attached hydrogens (primary N) is 1. The highest BCUT2D eigenvalue weighted by Crippen LogP contribution is 2.33. The van der Waals surface area contributed by atoms with Crippen LogP contribution in [-0.2, 0) is 0 Å². The molecule has 1 fully saturated rings. The summed E-state index contributed by atoms with van der Waals surface area (Å²) in [6, 6.07) is 1.78. The van der Waals surface area contributed by atoms with Crippen molar-refractivity contribution in [3.8, 4) is 5.75 Å². The second-order valence-corrected chi connectivity index (χ2v) is 4.74. The van der Waals surface area contributed by atoms with Gasteiger partial charge in [0.05, 0.1) is 12.8 Å². The van der Waals surface area contributed by atoms with E-state index in [9.17, 15) is 4.79 Å². The second kappa shape index (κ2) is 5.96. The first kappa shape index (κ1) is 13.0. The van der Waals surface area contributed by atoms with Crippen LogP contribution in [0, 0.1) is 11.8 Å². The van der Waals surface area contributed by atoms with Crippen molar-refractivity contribution in [3.05, 3.63) is 24.0 Å². The number of carbonyl (C=O) groups excluding carboxylic acids is 1.